The molecule has 1 aromatic rings. The van der Waals surface area contributed by atoms with Crippen molar-refractivity contribution >= 4 is 23.1 Å². The van der Waals surface area contributed by atoms with Crippen molar-refractivity contribution < 1.29 is 8.78 Å². The van der Waals surface area contributed by atoms with Crippen LogP contribution in [-0.2, 0) is 0 Å². The molecule has 0 aliphatic carbocycles. The molecule has 0 spiro atoms. The first-order chi connectivity index (χ1) is 10.1. The first-order valence-corrected chi connectivity index (χ1v) is 7.37. The quantitative estimate of drug-likeness (QED) is 0.874. The van der Waals surface area contributed by atoms with E-state index in [4.69, 9.17) is 11.6 Å². The Kier molecular flexibility index (Phi) is 5.36. The molecule has 0 fully saturated rings. The number of halogens is 3. The van der Waals surface area contributed by atoms with Crippen LogP contribution in [0.5, 0.6) is 0 Å². The summed E-state index contributed by atoms with van der Waals surface area (Å²) in [5.41, 5.74) is 1.36. The highest BCUT2D eigenvalue weighted by atomic mass is 35.5. The van der Waals surface area contributed by atoms with Crippen LogP contribution in [-0.4, -0.2) is 41.5 Å². The van der Waals surface area contributed by atoms with Gasteiger partial charge in [0.25, 0.3) is 6.43 Å². The summed E-state index contributed by atoms with van der Waals surface area (Å²) in [5.74, 6) is 0.566. The van der Waals surface area contributed by atoms with E-state index in [0.717, 1.165) is 13.0 Å². The van der Waals surface area contributed by atoms with Crippen LogP contribution in [0.15, 0.2) is 23.4 Å². The minimum absolute atomic E-state index is 0.391. The molecule has 116 valence electrons. The molecule has 0 radical (unpaired) electrons. The van der Waals surface area contributed by atoms with Gasteiger partial charge in [0.05, 0.1) is 23.8 Å². The Balaban J connectivity index is 2.46. The fourth-order valence-electron chi connectivity index (χ4n) is 2.28. The number of fused-ring (bicyclic) bond motifs is 1. The number of allylic oxidation sites excluding steroid dienone is 1. The zero-order valence-electron chi connectivity index (χ0n) is 12.1. The summed E-state index contributed by atoms with van der Waals surface area (Å²) >= 11 is 6.18. The molecule has 1 aromatic heterocycles. The summed E-state index contributed by atoms with van der Waals surface area (Å²) in [6.07, 6.45) is 1.93. The van der Waals surface area contributed by atoms with Gasteiger partial charge in [-0.05, 0) is 19.0 Å². The number of likely N-dealkylation sites (N-methyl/N-ethyl adjacent to an activating group) is 1. The summed E-state index contributed by atoms with van der Waals surface area (Å²) in [7, 11) is 0. The standard InChI is InChI=1S/C14H19ClF2N4/c1-3-5-11-14-10(15)6-7-21(14)19-13(8-18-4-2)20(11)9-12(16)17/h5-7,12,18H,3-4,8-9H2,1-2H3/b11-5+. The number of hydrogen-bond donors (Lipinski definition) is 1. The highest BCUT2D eigenvalue weighted by molar-refractivity contribution is 6.32. The molecule has 7 heteroatoms. The first kappa shape index (κ1) is 16.0. The third-order valence-electron chi connectivity index (χ3n) is 3.14. The molecule has 4 nitrogen and oxygen atoms in total. The molecule has 0 atom stereocenters. The number of aromatic nitrogens is 1. The van der Waals surface area contributed by atoms with E-state index in [2.05, 4.69) is 10.4 Å². The molecule has 21 heavy (non-hydrogen) atoms. The fraction of sp³-hybridized carbons (Fsp3) is 0.500. The number of nitrogens with one attached hydrogen (secondary N) is 1. The Labute approximate surface area is 128 Å². The van der Waals surface area contributed by atoms with Crippen molar-refractivity contribution in [1.29, 1.82) is 0 Å². The fourth-order valence-corrected chi connectivity index (χ4v) is 2.52. The van der Waals surface area contributed by atoms with Crippen molar-refractivity contribution in [3.05, 3.63) is 29.1 Å². The van der Waals surface area contributed by atoms with Crippen LogP contribution in [0.2, 0.25) is 5.02 Å². The summed E-state index contributed by atoms with van der Waals surface area (Å²) in [5, 5.41) is 8.05. The average molecular weight is 317 g/mol. The maximum Gasteiger partial charge on any atom is 0.256 e. The molecular weight excluding hydrogens is 298 g/mol. The van der Waals surface area contributed by atoms with Gasteiger partial charge in [-0.3, -0.25) is 0 Å². The van der Waals surface area contributed by atoms with E-state index >= 15 is 0 Å². The predicted octanol–water partition coefficient (Wildman–Crippen LogP) is 3.24. The number of rotatable bonds is 6. The van der Waals surface area contributed by atoms with Crippen LogP contribution in [0.25, 0.3) is 5.70 Å². The third kappa shape index (κ3) is 3.44. The van der Waals surface area contributed by atoms with Crippen LogP contribution < -0.4 is 5.32 Å². The lowest BCUT2D eigenvalue weighted by Gasteiger charge is -2.32. The zero-order chi connectivity index (χ0) is 15.4. The molecule has 0 aromatic carbocycles. The summed E-state index contributed by atoms with van der Waals surface area (Å²) < 4.78 is 27.5. The SMILES string of the molecule is CC/C=C1\c2c(Cl)ccn2N=C(CNCC)N1CC(F)F. The highest BCUT2D eigenvalue weighted by Gasteiger charge is 2.28. The predicted molar refractivity (Wildman–Crippen MR) is 81.8 cm³/mol. The Morgan fingerprint density at radius 2 is 2.19 bits per heavy atom. The molecule has 1 aliphatic rings. The van der Waals surface area contributed by atoms with E-state index in [1.807, 2.05) is 19.9 Å². The van der Waals surface area contributed by atoms with Crippen molar-refractivity contribution in [2.24, 2.45) is 5.10 Å². The molecule has 2 rings (SSSR count). The highest BCUT2D eigenvalue weighted by Crippen LogP contribution is 2.32. The summed E-state index contributed by atoms with van der Waals surface area (Å²) in [6.45, 7) is 4.71. The van der Waals surface area contributed by atoms with Gasteiger partial charge < -0.3 is 10.2 Å². The van der Waals surface area contributed by atoms with Gasteiger partial charge in [-0.1, -0.05) is 31.5 Å². The van der Waals surface area contributed by atoms with Gasteiger partial charge in [-0.2, -0.15) is 5.10 Å². The number of alkyl halides is 2. The summed E-state index contributed by atoms with van der Waals surface area (Å²) in [4.78, 5) is 1.55. The van der Waals surface area contributed by atoms with E-state index in [0.29, 0.717) is 28.8 Å². The lowest BCUT2D eigenvalue weighted by molar-refractivity contribution is 0.129. The van der Waals surface area contributed by atoms with Gasteiger partial charge in [0, 0.05) is 6.20 Å². The number of amidine groups is 1. The number of nitrogens with zero attached hydrogens (tertiary/aromatic N) is 3. The molecule has 1 aliphatic heterocycles. The van der Waals surface area contributed by atoms with Gasteiger partial charge in [0.1, 0.15) is 11.5 Å². The van der Waals surface area contributed by atoms with Gasteiger partial charge in [0.2, 0.25) is 0 Å². The Morgan fingerprint density at radius 3 is 2.81 bits per heavy atom. The van der Waals surface area contributed by atoms with E-state index in [-0.39, 0.29) is 0 Å². The normalized spacial score (nSPS) is 16.6. The molecule has 0 saturated carbocycles. The molecule has 2 heterocycles. The Hall–Kier alpha value is -1.40. The Bertz CT molecular complexity index is 551. The molecular formula is C14H19ClF2N4. The second-order valence-electron chi connectivity index (χ2n) is 4.65. The van der Waals surface area contributed by atoms with Crippen molar-refractivity contribution in [2.45, 2.75) is 26.7 Å². The maximum absolute atomic E-state index is 12.9. The lowest BCUT2D eigenvalue weighted by Crippen LogP contribution is -2.42. The van der Waals surface area contributed by atoms with Crippen LogP contribution in [0.4, 0.5) is 8.78 Å². The van der Waals surface area contributed by atoms with Gasteiger partial charge in [-0.15, -0.1) is 0 Å². The molecule has 1 N–H and O–H groups in total. The molecule has 0 unspecified atom stereocenters. The molecule has 0 saturated heterocycles. The topological polar surface area (TPSA) is 32.6 Å². The monoisotopic (exact) mass is 316 g/mol. The second-order valence-corrected chi connectivity index (χ2v) is 5.06. The van der Waals surface area contributed by atoms with Crippen molar-refractivity contribution in [2.75, 3.05) is 19.6 Å². The van der Waals surface area contributed by atoms with Crippen LogP contribution in [0, 0.1) is 0 Å². The average Bonchev–Trinajstić information content (AvgIpc) is 2.80. The van der Waals surface area contributed by atoms with E-state index in [1.54, 1.807) is 21.8 Å². The van der Waals surface area contributed by atoms with Crippen molar-refractivity contribution in [3.63, 3.8) is 0 Å². The number of hydrogen-bond acceptors (Lipinski definition) is 3. The van der Waals surface area contributed by atoms with Crippen LogP contribution in [0.3, 0.4) is 0 Å². The van der Waals surface area contributed by atoms with E-state index < -0.39 is 13.0 Å². The largest absolute Gasteiger partial charge is 0.320 e. The second kappa shape index (κ2) is 7.04. The van der Waals surface area contributed by atoms with E-state index in [9.17, 15) is 8.78 Å². The lowest BCUT2D eigenvalue weighted by atomic mass is 10.2. The van der Waals surface area contributed by atoms with Gasteiger partial charge >= 0.3 is 0 Å². The minimum atomic E-state index is -2.45. The van der Waals surface area contributed by atoms with Crippen molar-refractivity contribution in [1.82, 2.24) is 14.9 Å². The summed E-state index contributed by atoms with van der Waals surface area (Å²) in [6, 6.07) is 1.72. The molecule has 0 amide bonds. The first-order valence-electron chi connectivity index (χ1n) is 7.00. The Morgan fingerprint density at radius 1 is 1.43 bits per heavy atom. The van der Waals surface area contributed by atoms with Gasteiger partial charge in [-0.25, -0.2) is 13.5 Å². The third-order valence-corrected chi connectivity index (χ3v) is 3.44. The minimum Gasteiger partial charge on any atom is -0.320 e. The zero-order valence-corrected chi connectivity index (χ0v) is 12.9. The van der Waals surface area contributed by atoms with Crippen LogP contribution >= 0.6 is 11.6 Å². The van der Waals surface area contributed by atoms with Crippen LogP contribution in [0.1, 0.15) is 26.0 Å². The van der Waals surface area contributed by atoms with E-state index in [1.165, 1.54) is 0 Å². The molecule has 0 bridgehead atoms. The smallest absolute Gasteiger partial charge is 0.256 e. The van der Waals surface area contributed by atoms with Crippen molar-refractivity contribution in [3.8, 4) is 0 Å². The van der Waals surface area contributed by atoms with Gasteiger partial charge in [0.15, 0.2) is 0 Å². The maximum atomic E-state index is 12.9.